The second-order valence-electron chi connectivity index (χ2n) is 2.43. The molecule has 2 aromatic rings. The standard InChI is InChI=1S/C9H5BrOS/c10-8-4-6-2-1-3-7(5-11)9(6)12-8/h1-5H. The lowest BCUT2D eigenvalue weighted by molar-refractivity contribution is 0.112. The van der Waals surface area contributed by atoms with E-state index in [2.05, 4.69) is 15.9 Å². The number of thiophene rings is 1. The lowest BCUT2D eigenvalue weighted by Crippen LogP contribution is -1.76. The van der Waals surface area contributed by atoms with Gasteiger partial charge in [-0.25, -0.2) is 0 Å². The quantitative estimate of drug-likeness (QED) is 0.698. The first kappa shape index (κ1) is 7.95. The average Bonchev–Trinajstić information content (AvgIpc) is 2.44. The van der Waals surface area contributed by atoms with Crippen molar-refractivity contribution in [1.82, 2.24) is 0 Å². The third kappa shape index (κ3) is 1.19. The summed E-state index contributed by atoms with van der Waals surface area (Å²) in [7, 11) is 0. The van der Waals surface area contributed by atoms with Crippen LogP contribution in [0, 0.1) is 0 Å². The van der Waals surface area contributed by atoms with E-state index in [4.69, 9.17) is 0 Å². The first-order valence-corrected chi connectivity index (χ1v) is 5.05. The summed E-state index contributed by atoms with van der Waals surface area (Å²) in [6, 6.07) is 7.75. The molecule has 0 N–H and O–H groups in total. The summed E-state index contributed by atoms with van der Waals surface area (Å²) in [5.74, 6) is 0. The first-order chi connectivity index (χ1) is 5.81. The zero-order valence-electron chi connectivity index (χ0n) is 6.08. The molecule has 0 radical (unpaired) electrons. The second-order valence-corrected chi connectivity index (χ2v) is 4.87. The van der Waals surface area contributed by atoms with Crippen LogP contribution in [0.15, 0.2) is 28.1 Å². The average molecular weight is 241 g/mol. The number of rotatable bonds is 1. The molecule has 3 heteroatoms. The second kappa shape index (κ2) is 2.99. The molecule has 60 valence electrons. The number of carbonyl (C=O) groups is 1. The smallest absolute Gasteiger partial charge is 0.151 e. The molecule has 0 unspecified atom stereocenters. The van der Waals surface area contributed by atoms with Crippen LogP contribution in [0.25, 0.3) is 10.1 Å². The Labute approximate surface area is 82.1 Å². The van der Waals surface area contributed by atoms with Crippen molar-refractivity contribution in [2.24, 2.45) is 0 Å². The van der Waals surface area contributed by atoms with Gasteiger partial charge in [-0.1, -0.05) is 18.2 Å². The van der Waals surface area contributed by atoms with Gasteiger partial charge in [-0.3, -0.25) is 4.79 Å². The van der Waals surface area contributed by atoms with Gasteiger partial charge in [-0.2, -0.15) is 0 Å². The zero-order chi connectivity index (χ0) is 8.55. The summed E-state index contributed by atoms with van der Waals surface area (Å²) in [6.07, 6.45) is 0.894. The fraction of sp³-hybridized carbons (Fsp3) is 0. The molecular weight excluding hydrogens is 236 g/mol. The van der Waals surface area contributed by atoms with Gasteiger partial charge < -0.3 is 0 Å². The van der Waals surface area contributed by atoms with Crippen LogP contribution in [-0.2, 0) is 0 Å². The van der Waals surface area contributed by atoms with Gasteiger partial charge in [0.25, 0.3) is 0 Å². The Morgan fingerprint density at radius 3 is 3.00 bits per heavy atom. The Morgan fingerprint density at radius 2 is 2.25 bits per heavy atom. The van der Waals surface area contributed by atoms with Crippen molar-refractivity contribution in [3.8, 4) is 0 Å². The van der Waals surface area contributed by atoms with Gasteiger partial charge >= 0.3 is 0 Å². The predicted molar refractivity (Wildman–Crippen MR) is 54.9 cm³/mol. The Kier molecular flexibility index (Phi) is 1.98. The van der Waals surface area contributed by atoms with E-state index in [9.17, 15) is 4.79 Å². The predicted octanol–water partition coefficient (Wildman–Crippen LogP) is 3.48. The van der Waals surface area contributed by atoms with E-state index in [0.717, 1.165) is 25.7 Å². The number of fused-ring (bicyclic) bond motifs is 1. The van der Waals surface area contributed by atoms with Crippen LogP contribution < -0.4 is 0 Å². The van der Waals surface area contributed by atoms with Crippen LogP contribution in [-0.4, -0.2) is 6.29 Å². The van der Waals surface area contributed by atoms with Crippen LogP contribution >= 0.6 is 27.3 Å². The minimum Gasteiger partial charge on any atom is -0.298 e. The normalized spacial score (nSPS) is 10.4. The molecule has 12 heavy (non-hydrogen) atoms. The van der Waals surface area contributed by atoms with E-state index in [0.29, 0.717) is 0 Å². The Hall–Kier alpha value is -0.670. The SMILES string of the molecule is O=Cc1cccc2cc(Br)sc12. The maximum Gasteiger partial charge on any atom is 0.151 e. The molecule has 1 nitrogen and oxygen atoms in total. The highest BCUT2D eigenvalue weighted by molar-refractivity contribution is 9.11. The first-order valence-electron chi connectivity index (χ1n) is 3.44. The van der Waals surface area contributed by atoms with E-state index in [1.807, 2.05) is 24.3 Å². The largest absolute Gasteiger partial charge is 0.298 e. The Morgan fingerprint density at radius 1 is 1.42 bits per heavy atom. The van der Waals surface area contributed by atoms with Gasteiger partial charge in [0.2, 0.25) is 0 Å². The minimum absolute atomic E-state index is 0.767. The van der Waals surface area contributed by atoms with E-state index >= 15 is 0 Å². The van der Waals surface area contributed by atoms with Crippen LogP contribution in [0.3, 0.4) is 0 Å². The summed E-state index contributed by atoms with van der Waals surface area (Å²) in [4.78, 5) is 10.6. The number of hydrogen-bond acceptors (Lipinski definition) is 2. The van der Waals surface area contributed by atoms with Gasteiger partial charge in [-0.15, -0.1) is 11.3 Å². The molecule has 0 spiro atoms. The Bertz CT molecular complexity index is 433. The summed E-state index contributed by atoms with van der Waals surface area (Å²) in [6.45, 7) is 0. The van der Waals surface area contributed by atoms with Gasteiger partial charge in [0, 0.05) is 10.3 Å². The van der Waals surface area contributed by atoms with Crippen molar-refractivity contribution >= 4 is 43.6 Å². The third-order valence-corrected chi connectivity index (χ3v) is 3.37. The number of hydrogen-bond donors (Lipinski definition) is 0. The zero-order valence-corrected chi connectivity index (χ0v) is 8.48. The van der Waals surface area contributed by atoms with Crippen molar-refractivity contribution in [3.63, 3.8) is 0 Å². The third-order valence-electron chi connectivity index (χ3n) is 1.67. The van der Waals surface area contributed by atoms with Crippen molar-refractivity contribution in [2.75, 3.05) is 0 Å². The molecule has 0 atom stereocenters. The highest BCUT2D eigenvalue weighted by atomic mass is 79.9. The molecule has 0 saturated heterocycles. The topological polar surface area (TPSA) is 17.1 Å². The highest BCUT2D eigenvalue weighted by Gasteiger charge is 2.02. The van der Waals surface area contributed by atoms with Crippen molar-refractivity contribution in [1.29, 1.82) is 0 Å². The molecule has 0 aliphatic carbocycles. The lowest BCUT2D eigenvalue weighted by atomic mass is 10.2. The molecule has 0 aliphatic rings. The molecule has 1 heterocycles. The fourth-order valence-corrected chi connectivity index (χ4v) is 2.74. The fourth-order valence-electron chi connectivity index (χ4n) is 1.15. The van der Waals surface area contributed by atoms with Crippen molar-refractivity contribution in [3.05, 3.63) is 33.6 Å². The van der Waals surface area contributed by atoms with E-state index in [-0.39, 0.29) is 0 Å². The number of aldehydes is 1. The van der Waals surface area contributed by atoms with Gasteiger partial charge in [0.05, 0.1) is 3.79 Å². The molecule has 0 saturated carbocycles. The lowest BCUT2D eigenvalue weighted by Gasteiger charge is -1.90. The summed E-state index contributed by atoms with van der Waals surface area (Å²) in [5, 5.41) is 1.12. The summed E-state index contributed by atoms with van der Waals surface area (Å²) in [5.41, 5.74) is 0.767. The molecule has 0 amide bonds. The monoisotopic (exact) mass is 240 g/mol. The summed E-state index contributed by atoms with van der Waals surface area (Å²) >= 11 is 4.98. The maximum atomic E-state index is 10.6. The highest BCUT2D eigenvalue weighted by Crippen LogP contribution is 2.31. The van der Waals surface area contributed by atoms with Crippen LogP contribution in [0.2, 0.25) is 0 Å². The van der Waals surface area contributed by atoms with Gasteiger partial charge in [-0.05, 0) is 27.4 Å². The number of benzene rings is 1. The molecular formula is C9H5BrOS. The molecule has 2 rings (SSSR count). The van der Waals surface area contributed by atoms with Crippen LogP contribution in [0.5, 0.6) is 0 Å². The van der Waals surface area contributed by atoms with Crippen LogP contribution in [0.4, 0.5) is 0 Å². The van der Waals surface area contributed by atoms with Gasteiger partial charge in [0.15, 0.2) is 6.29 Å². The van der Waals surface area contributed by atoms with Crippen molar-refractivity contribution in [2.45, 2.75) is 0 Å². The number of carbonyl (C=O) groups excluding carboxylic acids is 1. The van der Waals surface area contributed by atoms with E-state index < -0.39 is 0 Å². The molecule has 0 fully saturated rings. The van der Waals surface area contributed by atoms with Crippen LogP contribution in [0.1, 0.15) is 10.4 Å². The van der Waals surface area contributed by atoms with E-state index in [1.165, 1.54) is 0 Å². The van der Waals surface area contributed by atoms with E-state index in [1.54, 1.807) is 11.3 Å². The maximum absolute atomic E-state index is 10.6. The number of halogens is 1. The summed E-state index contributed by atoms with van der Waals surface area (Å²) < 4.78 is 2.12. The van der Waals surface area contributed by atoms with Crippen molar-refractivity contribution < 1.29 is 4.79 Å². The Balaban J connectivity index is 2.86. The molecule has 0 aliphatic heterocycles. The molecule has 1 aromatic heterocycles. The van der Waals surface area contributed by atoms with Gasteiger partial charge in [0.1, 0.15) is 0 Å². The molecule has 1 aromatic carbocycles. The molecule has 0 bridgehead atoms. The minimum atomic E-state index is 0.767.